The molecule has 0 saturated heterocycles. The fourth-order valence-corrected chi connectivity index (χ4v) is 3.39. The smallest absolute Gasteiger partial charge is 0.220 e. The fourth-order valence-electron chi connectivity index (χ4n) is 3.39. The Balaban J connectivity index is 1.37. The van der Waals surface area contributed by atoms with Gasteiger partial charge in [-0.25, -0.2) is 0 Å². The fraction of sp³-hybridized carbons (Fsp3) is 0.167. The number of methoxy groups -OCH3 is 1. The summed E-state index contributed by atoms with van der Waals surface area (Å²) in [4.78, 5) is 16.8. The molecule has 146 valence electrons. The molecule has 2 heterocycles. The van der Waals surface area contributed by atoms with Crippen LogP contribution in [0.5, 0.6) is 5.75 Å². The second-order valence-electron chi connectivity index (χ2n) is 6.77. The molecule has 0 aliphatic heterocycles. The summed E-state index contributed by atoms with van der Waals surface area (Å²) >= 11 is 0. The highest BCUT2D eigenvalue weighted by Crippen LogP contribution is 2.29. The van der Waals surface area contributed by atoms with Gasteiger partial charge in [0.05, 0.1) is 13.4 Å². The Morgan fingerprint density at radius 3 is 2.72 bits per heavy atom. The molecule has 0 spiro atoms. The van der Waals surface area contributed by atoms with E-state index in [4.69, 9.17) is 9.15 Å². The first kappa shape index (κ1) is 18.7. The van der Waals surface area contributed by atoms with Crippen molar-refractivity contribution in [3.8, 4) is 17.2 Å². The molecule has 0 aliphatic carbocycles. The second kappa shape index (κ2) is 8.61. The van der Waals surface area contributed by atoms with E-state index < -0.39 is 0 Å². The number of carbonyl (C=O) groups is 1. The Kier molecular flexibility index (Phi) is 5.56. The van der Waals surface area contributed by atoms with E-state index in [1.165, 1.54) is 0 Å². The summed E-state index contributed by atoms with van der Waals surface area (Å²) in [6.45, 7) is 0.441. The van der Waals surface area contributed by atoms with Gasteiger partial charge in [-0.3, -0.25) is 9.78 Å². The standard InChI is InChI=1S/C24H22N2O3/c1-28-22-12-9-18-5-2-3-6-19(18)20(22)10-13-24(27)26-16-17-8-11-21(25-15-17)23-7-4-14-29-23/h2-9,11-12,14-15H,10,13,16H2,1H3,(H,26,27). The third-order valence-corrected chi connectivity index (χ3v) is 4.91. The van der Waals surface area contributed by atoms with Gasteiger partial charge in [-0.15, -0.1) is 0 Å². The van der Waals surface area contributed by atoms with Crippen molar-refractivity contribution in [2.45, 2.75) is 19.4 Å². The lowest BCUT2D eigenvalue weighted by Gasteiger charge is -2.12. The van der Waals surface area contributed by atoms with E-state index in [1.54, 1.807) is 19.6 Å². The van der Waals surface area contributed by atoms with Crippen molar-refractivity contribution in [1.82, 2.24) is 10.3 Å². The molecule has 0 saturated carbocycles. The van der Waals surface area contributed by atoms with Crippen molar-refractivity contribution in [1.29, 1.82) is 0 Å². The van der Waals surface area contributed by atoms with Crippen LogP contribution in [-0.2, 0) is 17.8 Å². The monoisotopic (exact) mass is 386 g/mol. The van der Waals surface area contributed by atoms with Gasteiger partial charge in [-0.1, -0.05) is 36.4 Å². The molecular weight excluding hydrogens is 364 g/mol. The number of rotatable bonds is 7. The SMILES string of the molecule is COc1ccc2ccccc2c1CCC(=O)NCc1ccc(-c2ccco2)nc1. The van der Waals surface area contributed by atoms with Crippen molar-refractivity contribution >= 4 is 16.7 Å². The van der Waals surface area contributed by atoms with E-state index in [0.29, 0.717) is 19.4 Å². The number of aryl methyl sites for hydroxylation is 1. The van der Waals surface area contributed by atoms with Crippen molar-refractivity contribution in [3.63, 3.8) is 0 Å². The molecule has 5 heteroatoms. The number of ether oxygens (including phenoxy) is 1. The van der Waals surface area contributed by atoms with Gasteiger partial charge in [0.1, 0.15) is 11.4 Å². The first-order valence-electron chi connectivity index (χ1n) is 9.55. The number of hydrogen-bond donors (Lipinski definition) is 1. The highest BCUT2D eigenvalue weighted by molar-refractivity contribution is 5.88. The predicted octanol–water partition coefficient (Wildman–Crippen LogP) is 4.75. The normalized spacial score (nSPS) is 10.8. The summed E-state index contributed by atoms with van der Waals surface area (Å²) in [5, 5.41) is 5.23. The minimum Gasteiger partial charge on any atom is -0.496 e. The molecule has 4 rings (SSSR count). The Labute approximate surface area is 169 Å². The van der Waals surface area contributed by atoms with Gasteiger partial charge in [-0.05, 0) is 47.0 Å². The lowest BCUT2D eigenvalue weighted by atomic mass is 9.99. The number of pyridine rings is 1. The van der Waals surface area contributed by atoms with E-state index in [0.717, 1.165) is 39.1 Å². The van der Waals surface area contributed by atoms with E-state index in [9.17, 15) is 4.79 Å². The molecule has 29 heavy (non-hydrogen) atoms. The molecule has 2 aromatic heterocycles. The highest BCUT2D eigenvalue weighted by atomic mass is 16.5. The van der Waals surface area contributed by atoms with Crippen LogP contribution in [0.15, 0.2) is 77.5 Å². The molecule has 1 N–H and O–H groups in total. The maximum atomic E-state index is 12.4. The van der Waals surface area contributed by atoms with Crippen molar-refractivity contribution in [3.05, 3.63) is 84.3 Å². The van der Waals surface area contributed by atoms with Crippen LogP contribution in [0.25, 0.3) is 22.2 Å². The zero-order chi connectivity index (χ0) is 20.1. The molecule has 0 aliphatic rings. The maximum Gasteiger partial charge on any atom is 0.220 e. The van der Waals surface area contributed by atoms with Gasteiger partial charge in [0.25, 0.3) is 0 Å². The lowest BCUT2D eigenvalue weighted by molar-refractivity contribution is -0.121. The molecule has 2 aromatic carbocycles. The number of fused-ring (bicyclic) bond motifs is 1. The van der Waals surface area contributed by atoms with Crippen LogP contribution >= 0.6 is 0 Å². The van der Waals surface area contributed by atoms with Crippen molar-refractivity contribution < 1.29 is 13.9 Å². The number of hydrogen-bond acceptors (Lipinski definition) is 4. The Morgan fingerprint density at radius 1 is 1.07 bits per heavy atom. The molecular formula is C24H22N2O3. The first-order valence-corrected chi connectivity index (χ1v) is 9.55. The third kappa shape index (κ3) is 4.29. The van der Waals surface area contributed by atoms with Crippen LogP contribution in [0.1, 0.15) is 17.5 Å². The number of aromatic nitrogens is 1. The van der Waals surface area contributed by atoms with Crippen LogP contribution in [-0.4, -0.2) is 18.0 Å². The first-order chi connectivity index (χ1) is 14.2. The number of benzene rings is 2. The average molecular weight is 386 g/mol. The number of nitrogens with zero attached hydrogens (tertiary/aromatic N) is 1. The topological polar surface area (TPSA) is 64.4 Å². The van der Waals surface area contributed by atoms with Crippen LogP contribution in [0.4, 0.5) is 0 Å². The Morgan fingerprint density at radius 2 is 1.97 bits per heavy atom. The molecule has 0 fully saturated rings. The number of amides is 1. The van der Waals surface area contributed by atoms with Crippen molar-refractivity contribution in [2.24, 2.45) is 0 Å². The largest absolute Gasteiger partial charge is 0.496 e. The summed E-state index contributed by atoms with van der Waals surface area (Å²) < 4.78 is 10.8. The van der Waals surface area contributed by atoms with Crippen molar-refractivity contribution in [2.75, 3.05) is 7.11 Å². The van der Waals surface area contributed by atoms with Crippen LogP contribution in [0, 0.1) is 0 Å². The molecule has 0 radical (unpaired) electrons. The highest BCUT2D eigenvalue weighted by Gasteiger charge is 2.11. The van der Waals surface area contributed by atoms with E-state index in [1.807, 2.05) is 48.5 Å². The van der Waals surface area contributed by atoms with E-state index in [-0.39, 0.29) is 5.91 Å². The maximum absolute atomic E-state index is 12.4. The minimum absolute atomic E-state index is 0.00454. The number of carbonyl (C=O) groups excluding carboxylic acids is 1. The molecule has 0 bridgehead atoms. The van der Waals surface area contributed by atoms with Gasteiger partial charge in [0.2, 0.25) is 5.91 Å². The zero-order valence-corrected chi connectivity index (χ0v) is 16.2. The molecule has 5 nitrogen and oxygen atoms in total. The predicted molar refractivity (Wildman–Crippen MR) is 113 cm³/mol. The van der Waals surface area contributed by atoms with Crippen LogP contribution in [0.2, 0.25) is 0 Å². The Bertz CT molecular complexity index is 1100. The minimum atomic E-state index is -0.00454. The zero-order valence-electron chi connectivity index (χ0n) is 16.2. The van der Waals surface area contributed by atoms with Gasteiger partial charge in [0, 0.05) is 24.7 Å². The number of nitrogens with one attached hydrogen (secondary N) is 1. The number of furan rings is 1. The van der Waals surface area contributed by atoms with Gasteiger partial charge in [0.15, 0.2) is 5.76 Å². The van der Waals surface area contributed by atoms with E-state index in [2.05, 4.69) is 22.4 Å². The van der Waals surface area contributed by atoms with Crippen LogP contribution in [0.3, 0.4) is 0 Å². The second-order valence-corrected chi connectivity index (χ2v) is 6.77. The Hall–Kier alpha value is -3.60. The summed E-state index contributed by atoms with van der Waals surface area (Å²) in [6.07, 6.45) is 4.39. The summed E-state index contributed by atoms with van der Waals surface area (Å²) in [7, 11) is 1.66. The van der Waals surface area contributed by atoms with E-state index >= 15 is 0 Å². The average Bonchev–Trinajstić information content (AvgIpc) is 3.31. The lowest BCUT2D eigenvalue weighted by Crippen LogP contribution is -2.23. The molecule has 0 unspecified atom stereocenters. The quantitative estimate of drug-likeness (QED) is 0.498. The summed E-state index contributed by atoms with van der Waals surface area (Å²) in [5.74, 6) is 1.54. The molecule has 4 aromatic rings. The van der Waals surface area contributed by atoms with Gasteiger partial charge >= 0.3 is 0 Å². The summed E-state index contributed by atoms with van der Waals surface area (Å²) in [5.41, 5.74) is 2.77. The molecule has 0 atom stereocenters. The van der Waals surface area contributed by atoms with Gasteiger partial charge in [-0.2, -0.15) is 0 Å². The third-order valence-electron chi connectivity index (χ3n) is 4.91. The van der Waals surface area contributed by atoms with Gasteiger partial charge < -0.3 is 14.5 Å². The molecule has 1 amide bonds. The summed E-state index contributed by atoms with van der Waals surface area (Å²) in [6, 6.07) is 19.7. The van der Waals surface area contributed by atoms with Crippen LogP contribution < -0.4 is 10.1 Å².